The Balaban J connectivity index is 2.24. The van der Waals surface area contributed by atoms with Gasteiger partial charge in [-0.25, -0.2) is 10.8 Å². The van der Waals surface area contributed by atoms with E-state index in [0.29, 0.717) is 11.8 Å². The Morgan fingerprint density at radius 2 is 2.12 bits per heavy atom. The van der Waals surface area contributed by atoms with Crippen LogP contribution in [-0.2, 0) is 7.05 Å². The largest absolute Gasteiger partial charge is 0.323 e. The Labute approximate surface area is 92.7 Å². The average Bonchev–Trinajstić information content (AvgIpc) is 2.63. The second-order valence-corrected chi connectivity index (χ2v) is 3.36. The van der Waals surface area contributed by atoms with Crippen molar-refractivity contribution < 1.29 is 0 Å². The first kappa shape index (κ1) is 10.4. The summed E-state index contributed by atoms with van der Waals surface area (Å²) in [5.41, 5.74) is 3.23. The second kappa shape index (κ2) is 4.15. The molecule has 7 nitrogen and oxygen atoms in total. The Morgan fingerprint density at radius 1 is 1.31 bits per heavy atom. The summed E-state index contributed by atoms with van der Waals surface area (Å²) in [5.74, 6) is 7.01. The molecule has 0 aliphatic carbocycles. The van der Waals surface area contributed by atoms with Crippen LogP contribution in [-0.4, -0.2) is 19.7 Å². The van der Waals surface area contributed by atoms with Gasteiger partial charge in [0.1, 0.15) is 5.82 Å². The molecule has 0 bridgehead atoms. The first-order valence-electron chi connectivity index (χ1n) is 4.76. The fourth-order valence-corrected chi connectivity index (χ4v) is 1.31. The van der Waals surface area contributed by atoms with Gasteiger partial charge in [-0.15, -0.1) is 0 Å². The van der Waals surface area contributed by atoms with E-state index in [1.165, 1.54) is 0 Å². The van der Waals surface area contributed by atoms with E-state index in [-0.39, 0.29) is 0 Å². The van der Waals surface area contributed by atoms with Crippen molar-refractivity contribution >= 4 is 17.6 Å². The van der Waals surface area contributed by atoms with E-state index in [2.05, 4.69) is 25.8 Å². The summed E-state index contributed by atoms with van der Waals surface area (Å²) in [7, 11) is 1.85. The molecule has 2 heterocycles. The third-order valence-corrected chi connectivity index (χ3v) is 1.95. The lowest BCUT2D eigenvalue weighted by atomic mass is 10.4. The van der Waals surface area contributed by atoms with Gasteiger partial charge in [-0.3, -0.25) is 10.1 Å². The van der Waals surface area contributed by atoms with Gasteiger partial charge < -0.3 is 5.32 Å². The SMILES string of the molecule is Cc1cc(Nc2ccn(C)n2)nc(NN)n1. The van der Waals surface area contributed by atoms with Gasteiger partial charge in [0, 0.05) is 31.1 Å². The maximum Gasteiger partial charge on any atom is 0.239 e. The van der Waals surface area contributed by atoms with Crippen molar-refractivity contribution in [2.45, 2.75) is 6.92 Å². The van der Waals surface area contributed by atoms with Crippen LogP contribution < -0.4 is 16.6 Å². The number of anilines is 3. The first-order chi connectivity index (χ1) is 7.67. The van der Waals surface area contributed by atoms with Crippen molar-refractivity contribution in [2.24, 2.45) is 12.9 Å². The lowest BCUT2D eigenvalue weighted by molar-refractivity contribution is 0.771. The number of hydrogen-bond donors (Lipinski definition) is 3. The van der Waals surface area contributed by atoms with Gasteiger partial charge in [-0.2, -0.15) is 10.1 Å². The van der Waals surface area contributed by atoms with Crippen molar-refractivity contribution in [1.29, 1.82) is 0 Å². The van der Waals surface area contributed by atoms with Crippen LogP contribution in [0.3, 0.4) is 0 Å². The molecule has 16 heavy (non-hydrogen) atoms. The van der Waals surface area contributed by atoms with E-state index in [9.17, 15) is 0 Å². The van der Waals surface area contributed by atoms with Gasteiger partial charge >= 0.3 is 0 Å². The highest BCUT2D eigenvalue weighted by Gasteiger charge is 2.02. The molecule has 0 spiro atoms. The first-order valence-corrected chi connectivity index (χ1v) is 4.76. The van der Waals surface area contributed by atoms with Crippen molar-refractivity contribution in [3.8, 4) is 0 Å². The topological polar surface area (TPSA) is 93.7 Å². The van der Waals surface area contributed by atoms with Crippen molar-refractivity contribution in [3.63, 3.8) is 0 Å². The summed E-state index contributed by atoms with van der Waals surface area (Å²) >= 11 is 0. The zero-order valence-corrected chi connectivity index (χ0v) is 9.10. The van der Waals surface area contributed by atoms with Crippen LogP contribution in [0.5, 0.6) is 0 Å². The van der Waals surface area contributed by atoms with Crippen LogP contribution >= 0.6 is 0 Å². The molecule has 0 unspecified atom stereocenters. The molecular formula is C9H13N7. The molecule has 0 atom stereocenters. The number of aryl methyl sites for hydroxylation is 2. The summed E-state index contributed by atoms with van der Waals surface area (Å²) in [6, 6.07) is 3.67. The maximum absolute atomic E-state index is 5.26. The molecule has 0 saturated carbocycles. The van der Waals surface area contributed by atoms with Crippen LogP contribution in [0.4, 0.5) is 17.6 Å². The van der Waals surface area contributed by atoms with Crippen LogP contribution in [0.15, 0.2) is 18.3 Å². The standard InChI is InChI=1S/C9H13N7/c1-6-5-8(13-9(11-6)14-10)12-7-3-4-16(2)15-7/h3-5H,10H2,1-2H3,(H2,11,12,13,14,15). The molecule has 2 aromatic rings. The normalized spacial score (nSPS) is 10.2. The third-order valence-electron chi connectivity index (χ3n) is 1.95. The molecule has 0 fully saturated rings. The van der Waals surface area contributed by atoms with Gasteiger partial charge in [-0.05, 0) is 6.92 Å². The molecular weight excluding hydrogens is 206 g/mol. The van der Waals surface area contributed by atoms with Crippen molar-refractivity contribution in [2.75, 3.05) is 10.7 Å². The monoisotopic (exact) mass is 219 g/mol. The summed E-state index contributed by atoms with van der Waals surface area (Å²) in [4.78, 5) is 8.24. The molecule has 0 saturated heterocycles. The molecule has 0 amide bonds. The van der Waals surface area contributed by atoms with E-state index in [1.807, 2.05) is 32.3 Å². The molecule has 4 N–H and O–H groups in total. The molecule has 0 aromatic carbocycles. The summed E-state index contributed by atoms with van der Waals surface area (Å²) in [5, 5.41) is 7.25. The van der Waals surface area contributed by atoms with Gasteiger partial charge in [0.15, 0.2) is 5.82 Å². The number of nitrogen functional groups attached to an aromatic ring is 1. The minimum absolute atomic E-state index is 0.374. The lowest BCUT2D eigenvalue weighted by Crippen LogP contribution is -2.12. The smallest absolute Gasteiger partial charge is 0.239 e. The highest BCUT2D eigenvalue weighted by atomic mass is 15.3. The van der Waals surface area contributed by atoms with Crippen LogP contribution in [0.1, 0.15) is 5.69 Å². The predicted octanol–water partition coefficient (Wildman–Crippen LogP) is 0.548. The molecule has 0 aliphatic rings. The maximum atomic E-state index is 5.26. The van der Waals surface area contributed by atoms with E-state index >= 15 is 0 Å². The minimum atomic E-state index is 0.374. The minimum Gasteiger partial charge on any atom is -0.323 e. The Bertz CT molecular complexity index is 490. The molecule has 84 valence electrons. The number of nitrogens with zero attached hydrogens (tertiary/aromatic N) is 4. The van der Waals surface area contributed by atoms with E-state index < -0.39 is 0 Å². The third kappa shape index (κ3) is 2.26. The Hall–Kier alpha value is -2.15. The van der Waals surface area contributed by atoms with E-state index in [1.54, 1.807) is 4.68 Å². The quantitative estimate of drug-likeness (QED) is 0.515. The number of hydrazine groups is 1. The number of nitrogens with two attached hydrogens (primary N) is 1. The van der Waals surface area contributed by atoms with Gasteiger partial charge in [-0.1, -0.05) is 0 Å². The van der Waals surface area contributed by atoms with Crippen molar-refractivity contribution in [1.82, 2.24) is 19.7 Å². The van der Waals surface area contributed by atoms with Crippen molar-refractivity contribution in [3.05, 3.63) is 24.0 Å². The number of rotatable bonds is 3. The van der Waals surface area contributed by atoms with Crippen LogP contribution in [0.2, 0.25) is 0 Å². The number of nitrogens with one attached hydrogen (secondary N) is 2. The zero-order chi connectivity index (χ0) is 11.5. The molecule has 2 rings (SSSR count). The fraction of sp³-hybridized carbons (Fsp3) is 0.222. The highest BCUT2D eigenvalue weighted by Crippen LogP contribution is 2.14. The predicted molar refractivity (Wildman–Crippen MR) is 61.1 cm³/mol. The van der Waals surface area contributed by atoms with Gasteiger partial charge in [0.25, 0.3) is 0 Å². The summed E-state index contributed by atoms with van der Waals surface area (Å²) < 4.78 is 1.71. The summed E-state index contributed by atoms with van der Waals surface area (Å²) in [6.45, 7) is 1.87. The lowest BCUT2D eigenvalue weighted by Gasteiger charge is -2.05. The zero-order valence-electron chi connectivity index (χ0n) is 9.10. The molecule has 2 aromatic heterocycles. The molecule has 7 heteroatoms. The van der Waals surface area contributed by atoms with Crippen LogP contribution in [0.25, 0.3) is 0 Å². The summed E-state index contributed by atoms with van der Waals surface area (Å²) in [6.07, 6.45) is 1.85. The van der Waals surface area contributed by atoms with E-state index in [0.717, 1.165) is 11.5 Å². The number of aromatic nitrogens is 4. The Kier molecular flexibility index (Phi) is 2.69. The molecule has 0 aliphatic heterocycles. The second-order valence-electron chi connectivity index (χ2n) is 3.36. The highest BCUT2D eigenvalue weighted by molar-refractivity contribution is 5.53. The van der Waals surface area contributed by atoms with Gasteiger partial charge in [0.2, 0.25) is 5.95 Å². The fourth-order valence-electron chi connectivity index (χ4n) is 1.31. The molecule has 0 radical (unpaired) electrons. The van der Waals surface area contributed by atoms with E-state index in [4.69, 9.17) is 5.84 Å². The van der Waals surface area contributed by atoms with Gasteiger partial charge in [0.05, 0.1) is 0 Å². The average molecular weight is 219 g/mol. The Morgan fingerprint density at radius 3 is 2.75 bits per heavy atom. The number of hydrogen-bond acceptors (Lipinski definition) is 6. The van der Waals surface area contributed by atoms with Crippen LogP contribution in [0, 0.1) is 6.92 Å².